The summed E-state index contributed by atoms with van der Waals surface area (Å²) in [6, 6.07) is 28.1. The lowest BCUT2D eigenvalue weighted by Crippen LogP contribution is -2.14. The Morgan fingerprint density at radius 1 is 0.933 bits per heavy atom. The molecule has 3 aromatic rings. The molecule has 0 saturated heterocycles. The molecule has 3 rings (SSSR count). The van der Waals surface area contributed by atoms with Gasteiger partial charge in [0, 0.05) is 17.5 Å². The lowest BCUT2D eigenvalue weighted by atomic mass is 10.0. The van der Waals surface area contributed by atoms with E-state index in [1.165, 1.54) is 7.11 Å². The third-order valence-electron chi connectivity index (χ3n) is 4.47. The zero-order chi connectivity index (χ0) is 21.2. The summed E-state index contributed by atoms with van der Waals surface area (Å²) in [4.78, 5) is 16.6. The van der Waals surface area contributed by atoms with Gasteiger partial charge in [0.05, 0.1) is 25.5 Å². The second-order valence-corrected chi connectivity index (χ2v) is 6.48. The predicted molar refractivity (Wildman–Crippen MR) is 116 cm³/mol. The fourth-order valence-electron chi connectivity index (χ4n) is 2.97. The van der Waals surface area contributed by atoms with Crippen LogP contribution in [0, 0.1) is 11.3 Å². The number of carbonyl (C=O) groups is 1. The Morgan fingerprint density at radius 2 is 1.50 bits per heavy atom. The zero-order valence-corrected chi connectivity index (χ0v) is 16.7. The largest absolute Gasteiger partial charge is 0.493 e. The second kappa shape index (κ2) is 10.6. The molecule has 3 aromatic carbocycles. The van der Waals surface area contributed by atoms with E-state index in [1.807, 2.05) is 60.7 Å². The van der Waals surface area contributed by atoms with E-state index in [4.69, 9.17) is 14.5 Å². The molecule has 0 fully saturated rings. The van der Waals surface area contributed by atoms with Gasteiger partial charge in [0.25, 0.3) is 0 Å². The van der Waals surface area contributed by atoms with E-state index in [2.05, 4.69) is 6.07 Å². The first-order chi connectivity index (χ1) is 14.7. The lowest BCUT2D eigenvalue weighted by molar-refractivity contribution is 0.0596. The summed E-state index contributed by atoms with van der Waals surface area (Å²) in [7, 11) is 1.33. The molecule has 0 saturated carbocycles. The Hall–Kier alpha value is -3.91. The average Bonchev–Trinajstić information content (AvgIpc) is 2.82. The fourth-order valence-corrected chi connectivity index (χ4v) is 2.97. The highest BCUT2D eigenvalue weighted by Gasteiger charge is 2.14. The summed E-state index contributed by atoms with van der Waals surface area (Å²) in [5, 5.41) is 9.66. The summed E-state index contributed by atoms with van der Waals surface area (Å²) < 4.78 is 10.5. The summed E-state index contributed by atoms with van der Waals surface area (Å²) in [6.45, 7) is 0.243. The van der Waals surface area contributed by atoms with Crippen LogP contribution in [0.25, 0.3) is 0 Å². The third kappa shape index (κ3) is 5.33. The molecule has 0 aliphatic rings. The monoisotopic (exact) mass is 398 g/mol. The van der Waals surface area contributed by atoms with Gasteiger partial charge >= 0.3 is 5.97 Å². The minimum Gasteiger partial charge on any atom is -0.493 e. The molecule has 0 aromatic heterocycles. The van der Waals surface area contributed by atoms with Crippen molar-refractivity contribution in [1.82, 2.24) is 0 Å². The number of hydrogen-bond donors (Lipinski definition) is 0. The molecule has 1 unspecified atom stereocenters. The van der Waals surface area contributed by atoms with Crippen LogP contribution in [0.1, 0.15) is 27.9 Å². The standard InChI is InChI=1S/C25H22N2O3/c1-29-25(28)22-14-8-9-15-23(22)30-17-16-21(18-26)27-24(19-10-4-2-5-11-19)20-12-6-3-7-13-20/h2-15,21H,16-17H2,1H3. The minimum atomic E-state index is -0.592. The van der Waals surface area contributed by atoms with Gasteiger partial charge in [-0.3, -0.25) is 4.99 Å². The molecule has 0 amide bonds. The minimum absolute atomic E-state index is 0.243. The Labute approximate surface area is 176 Å². The number of nitriles is 1. The third-order valence-corrected chi connectivity index (χ3v) is 4.47. The first-order valence-corrected chi connectivity index (χ1v) is 9.61. The quantitative estimate of drug-likeness (QED) is 0.408. The molecule has 5 heteroatoms. The van der Waals surface area contributed by atoms with Crippen molar-refractivity contribution in [1.29, 1.82) is 5.26 Å². The molecule has 0 aliphatic heterocycles. The summed E-state index contributed by atoms with van der Waals surface area (Å²) in [5.74, 6) is -0.0349. The number of rotatable bonds is 8. The van der Waals surface area contributed by atoms with Gasteiger partial charge in [0.15, 0.2) is 0 Å². The molecule has 0 radical (unpaired) electrons. The normalized spacial score (nSPS) is 11.1. The second-order valence-electron chi connectivity index (χ2n) is 6.48. The fraction of sp³-hybridized carbons (Fsp3) is 0.160. The lowest BCUT2D eigenvalue weighted by Gasteiger charge is -2.13. The molecule has 1 atom stereocenters. The van der Waals surface area contributed by atoms with Crippen molar-refractivity contribution in [2.24, 2.45) is 4.99 Å². The first-order valence-electron chi connectivity index (χ1n) is 9.61. The van der Waals surface area contributed by atoms with Gasteiger partial charge in [-0.15, -0.1) is 0 Å². The van der Waals surface area contributed by atoms with E-state index in [0.29, 0.717) is 17.7 Å². The van der Waals surface area contributed by atoms with E-state index < -0.39 is 12.0 Å². The maximum absolute atomic E-state index is 11.9. The predicted octanol–water partition coefficient (Wildman–Crippen LogP) is 4.67. The molecule has 150 valence electrons. The summed E-state index contributed by atoms with van der Waals surface area (Å²) in [5.41, 5.74) is 3.01. The highest BCUT2D eigenvalue weighted by molar-refractivity contribution is 6.13. The van der Waals surface area contributed by atoms with Crippen molar-refractivity contribution >= 4 is 11.7 Å². The van der Waals surface area contributed by atoms with Crippen molar-refractivity contribution in [3.05, 3.63) is 102 Å². The van der Waals surface area contributed by atoms with Crippen molar-refractivity contribution in [2.45, 2.75) is 12.5 Å². The van der Waals surface area contributed by atoms with Gasteiger partial charge in [-0.2, -0.15) is 5.26 Å². The molecule has 0 spiro atoms. The highest BCUT2D eigenvalue weighted by Crippen LogP contribution is 2.20. The number of aliphatic imine (C=N–C) groups is 1. The molecular formula is C25H22N2O3. The summed E-state index contributed by atoms with van der Waals surface area (Å²) in [6.07, 6.45) is 0.384. The number of carbonyl (C=O) groups excluding carboxylic acids is 1. The zero-order valence-electron chi connectivity index (χ0n) is 16.7. The van der Waals surface area contributed by atoms with Crippen LogP contribution in [0.4, 0.5) is 0 Å². The number of methoxy groups -OCH3 is 1. The Kier molecular flexibility index (Phi) is 7.34. The smallest absolute Gasteiger partial charge is 0.341 e. The van der Waals surface area contributed by atoms with E-state index in [0.717, 1.165) is 16.8 Å². The molecule has 0 N–H and O–H groups in total. The maximum atomic E-state index is 11.9. The van der Waals surface area contributed by atoms with E-state index >= 15 is 0 Å². The van der Waals surface area contributed by atoms with Gasteiger partial charge in [0.1, 0.15) is 17.4 Å². The van der Waals surface area contributed by atoms with Crippen LogP contribution in [0.2, 0.25) is 0 Å². The number of para-hydroxylation sites is 1. The van der Waals surface area contributed by atoms with Crippen molar-refractivity contribution in [3.63, 3.8) is 0 Å². The van der Waals surface area contributed by atoms with Crippen LogP contribution in [-0.4, -0.2) is 31.4 Å². The van der Waals surface area contributed by atoms with Crippen molar-refractivity contribution in [2.75, 3.05) is 13.7 Å². The SMILES string of the molecule is COC(=O)c1ccccc1OCCC(C#N)N=C(c1ccccc1)c1ccccc1. The topological polar surface area (TPSA) is 71.7 Å². The van der Waals surface area contributed by atoms with Gasteiger partial charge in [-0.1, -0.05) is 72.8 Å². The number of esters is 1. The number of nitrogens with zero attached hydrogens (tertiary/aromatic N) is 2. The van der Waals surface area contributed by atoms with E-state index in [1.54, 1.807) is 24.3 Å². The maximum Gasteiger partial charge on any atom is 0.341 e. The van der Waals surface area contributed by atoms with Gasteiger partial charge in [-0.25, -0.2) is 4.79 Å². The molecule has 0 bridgehead atoms. The van der Waals surface area contributed by atoms with Crippen LogP contribution in [-0.2, 0) is 4.74 Å². The van der Waals surface area contributed by atoms with Crippen LogP contribution >= 0.6 is 0 Å². The molecule has 5 nitrogen and oxygen atoms in total. The van der Waals surface area contributed by atoms with Gasteiger partial charge in [-0.05, 0) is 12.1 Å². The Bertz CT molecular complexity index is 999. The summed E-state index contributed by atoms with van der Waals surface area (Å²) >= 11 is 0. The van der Waals surface area contributed by atoms with Crippen molar-refractivity contribution in [3.8, 4) is 11.8 Å². The van der Waals surface area contributed by atoms with Gasteiger partial charge in [0.2, 0.25) is 0 Å². The number of ether oxygens (including phenoxy) is 2. The molecular weight excluding hydrogens is 376 g/mol. The van der Waals surface area contributed by atoms with Gasteiger partial charge < -0.3 is 9.47 Å². The Morgan fingerprint density at radius 3 is 2.07 bits per heavy atom. The highest BCUT2D eigenvalue weighted by atomic mass is 16.5. The number of benzene rings is 3. The van der Waals surface area contributed by atoms with Crippen LogP contribution in [0.15, 0.2) is 89.9 Å². The molecule has 30 heavy (non-hydrogen) atoms. The van der Waals surface area contributed by atoms with E-state index in [-0.39, 0.29) is 6.61 Å². The van der Waals surface area contributed by atoms with Crippen LogP contribution < -0.4 is 4.74 Å². The molecule has 0 aliphatic carbocycles. The Balaban J connectivity index is 1.77. The van der Waals surface area contributed by atoms with E-state index in [9.17, 15) is 10.1 Å². The van der Waals surface area contributed by atoms with Crippen LogP contribution in [0.5, 0.6) is 5.75 Å². The molecule has 0 heterocycles. The first kappa shape index (κ1) is 20.8. The van der Waals surface area contributed by atoms with Crippen molar-refractivity contribution < 1.29 is 14.3 Å². The van der Waals surface area contributed by atoms with Crippen LogP contribution in [0.3, 0.4) is 0 Å². The average molecular weight is 398 g/mol. The number of hydrogen-bond acceptors (Lipinski definition) is 5.